The first kappa shape index (κ1) is 19.1. The van der Waals surface area contributed by atoms with E-state index < -0.39 is 0 Å². The summed E-state index contributed by atoms with van der Waals surface area (Å²) in [6.07, 6.45) is 13.9. The zero-order valence-corrected chi connectivity index (χ0v) is 14.6. The molecule has 19 heavy (non-hydrogen) atoms. The van der Waals surface area contributed by atoms with Gasteiger partial charge in [-0.15, -0.1) is 0 Å². The Morgan fingerprint density at radius 1 is 0.737 bits per heavy atom. The summed E-state index contributed by atoms with van der Waals surface area (Å²) in [7, 11) is 0.336. The minimum absolute atomic E-state index is 0.153. The summed E-state index contributed by atoms with van der Waals surface area (Å²) in [6, 6.07) is 3.07. The Bertz CT molecular complexity index is 138. The first-order valence-electron chi connectivity index (χ1n) is 8.60. The molecule has 0 rings (SSSR count). The molecular formula is C16H36O2Si. The van der Waals surface area contributed by atoms with Crippen molar-refractivity contribution in [3.05, 3.63) is 0 Å². The van der Waals surface area contributed by atoms with Crippen LogP contribution in [-0.2, 0) is 4.74 Å². The zero-order chi connectivity index (χ0) is 14.0. The fraction of sp³-hybridized carbons (Fsp3) is 1.00. The van der Waals surface area contributed by atoms with Crippen LogP contribution in [-0.4, -0.2) is 34.4 Å². The fourth-order valence-corrected chi connectivity index (χ4v) is 3.60. The lowest BCUT2D eigenvalue weighted by atomic mass is 10.1. The number of ether oxygens (including phenoxy) is 1. The van der Waals surface area contributed by atoms with Gasteiger partial charge in [-0.05, 0) is 6.42 Å². The summed E-state index contributed by atoms with van der Waals surface area (Å²) >= 11 is 0. The summed E-state index contributed by atoms with van der Waals surface area (Å²) in [5.41, 5.74) is 0. The summed E-state index contributed by atoms with van der Waals surface area (Å²) in [5, 5.41) is 8.55. The molecular weight excluding hydrogens is 252 g/mol. The maximum absolute atomic E-state index is 8.55. The van der Waals surface area contributed by atoms with Crippen molar-refractivity contribution in [1.29, 1.82) is 0 Å². The van der Waals surface area contributed by atoms with Gasteiger partial charge in [-0.1, -0.05) is 76.8 Å². The number of rotatable bonds is 16. The van der Waals surface area contributed by atoms with Crippen LogP contribution in [0.5, 0.6) is 0 Å². The molecule has 3 heteroatoms. The van der Waals surface area contributed by atoms with Crippen molar-refractivity contribution >= 4 is 9.52 Å². The minimum atomic E-state index is 0.153. The predicted molar refractivity (Wildman–Crippen MR) is 87.9 cm³/mol. The van der Waals surface area contributed by atoms with Crippen LogP contribution >= 0.6 is 0 Å². The highest BCUT2D eigenvalue weighted by molar-refractivity contribution is 6.35. The number of hydrogen-bond acceptors (Lipinski definition) is 2. The fourth-order valence-electron chi connectivity index (χ4n) is 2.39. The highest BCUT2D eigenvalue weighted by atomic mass is 28.2. The second-order valence-electron chi connectivity index (χ2n) is 5.58. The lowest BCUT2D eigenvalue weighted by Crippen LogP contribution is -2.00. The maximum atomic E-state index is 8.55. The lowest BCUT2D eigenvalue weighted by Gasteiger charge is -2.03. The zero-order valence-electron chi connectivity index (χ0n) is 13.2. The molecule has 0 unspecified atom stereocenters. The third-order valence-corrected chi connectivity index (χ3v) is 5.33. The van der Waals surface area contributed by atoms with Crippen LogP contribution in [0.2, 0.25) is 12.1 Å². The largest absolute Gasteiger partial charge is 0.394 e. The summed E-state index contributed by atoms with van der Waals surface area (Å²) in [5.74, 6) is 0. The lowest BCUT2D eigenvalue weighted by molar-refractivity contribution is 0.0895. The van der Waals surface area contributed by atoms with E-state index in [1.165, 1.54) is 63.8 Å². The smallest absolute Gasteiger partial charge is 0.0697 e. The molecule has 0 aromatic rings. The third kappa shape index (κ3) is 18.1. The SMILES string of the molecule is CC[SiH2]CCCCCCCCCCCCOCCO. The summed E-state index contributed by atoms with van der Waals surface area (Å²) in [6.45, 7) is 3.81. The number of aliphatic hydroxyl groups excluding tert-OH is 1. The van der Waals surface area contributed by atoms with Gasteiger partial charge < -0.3 is 9.84 Å². The molecule has 0 radical (unpaired) electrons. The highest BCUT2D eigenvalue weighted by Crippen LogP contribution is 2.11. The van der Waals surface area contributed by atoms with Gasteiger partial charge in [0.1, 0.15) is 0 Å². The minimum Gasteiger partial charge on any atom is -0.394 e. The number of unbranched alkanes of at least 4 members (excludes halogenated alkanes) is 9. The maximum Gasteiger partial charge on any atom is 0.0697 e. The van der Waals surface area contributed by atoms with Gasteiger partial charge in [-0.25, -0.2) is 0 Å². The number of hydrogen-bond donors (Lipinski definition) is 1. The van der Waals surface area contributed by atoms with Gasteiger partial charge in [0.2, 0.25) is 0 Å². The van der Waals surface area contributed by atoms with Gasteiger partial charge in [-0.2, -0.15) is 0 Å². The van der Waals surface area contributed by atoms with Crippen LogP contribution < -0.4 is 0 Å². The van der Waals surface area contributed by atoms with Crippen molar-refractivity contribution in [3.63, 3.8) is 0 Å². The van der Waals surface area contributed by atoms with E-state index in [1.54, 1.807) is 6.04 Å². The molecule has 0 bridgehead atoms. The molecule has 0 aliphatic carbocycles. The van der Waals surface area contributed by atoms with E-state index in [1.807, 2.05) is 0 Å². The molecule has 0 saturated heterocycles. The van der Waals surface area contributed by atoms with E-state index in [-0.39, 0.29) is 6.61 Å². The second-order valence-corrected chi connectivity index (χ2v) is 7.99. The van der Waals surface area contributed by atoms with E-state index in [2.05, 4.69) is 6.92 Å². The van der Waals surface area contributed by atoms with Gasteiger partial charge in [0.25, 0.3) is 0 Å². The second kappa shape index (κ2) is 18.1. The molecule has 0 atom stereocenters. The van der Waals surface area contributed by atoms with Crippen LogP contribution in [0.25, 0.3) is 0 Å². The van der Waals surface area contributed by atoms with Crippen molar-refractivity contribution in [2.45, 2.75) is 83.2 Å². The van der Waals surface area contributed by atoms with Gasteiger partial charge >= 0.3 is 0 Å². The van der Waals surface area contributed by atoms with E-state index in [9.17, 15) is 0 Å². The highest BCUT2D eigenvalue weighted by Gasteiger charge is 1.94. The van der Waals surface area contributed by atoms with Gasteiger partial charge in [0.15, 0.2) is 0 Å². The Hall–Kier alpha value is 0.137. The molecule has 0 aliphatic heterocycles. The molecule has 0 aromatic heterocycles. The molecule has 116 valence electrons. The van der Waals surface area contributed by atoms with Gasteiger partial charge in [0.05, 0.1) is 13.2 Å². The monoisotopic (exact) mass is 288 g/mol. The van der Waals surface area contributed by atoms with Crippen LogP contribution in [0.4, 0.5) is 0 Å². The van der Waals surface area contributed by atoms with Gasteiger partial charge in [0, 0.05) is 16.1 Å². The Balaban J connectivity index is 2.88. The van der Waals surface area contributed by atoms with Crippen LogP contribution in [0, 0.1) is 0 Å². The standard InChI is InChI=1S/C16H36O2Si/c1-2-19-16-12-10-8-6-4-3-5-7-9-11-14-18-15-13-17/h17H,2-16,19H2,1H3. The Morgan fingerprint density at radius 3 is 1.79 bits per heavy atom. The first-order chi connectivity index (χ1) is 9.41. The Labute approximate surface area is 123 Å². The van der Waals surface area contributed by atoms with Crippen molar-refractivity contribution in [3.8, 4) is 0 Å². The van der Waals surface area contributed by atoms with E-state index >= 15 is 0 Å². The predicted octanol–water partition coefficient (Wildman–Crippen LogP) is 3.92. The Kier molecular flexibility index (Phi) is 18.3. The van der Waals surface area contributed by atoms with Crippen molar-refractivity contribution in [2.75, 3.05) is 19.8 Å². The first-order valence-corrected chi connectivity index (χ1v) is 10.6. The third-order valence-electron chi connectivity index (χ3n) is 3.63. The average Bonchev–Trinajstić information content (AvgIpc) is 2.43. The van der Waals surface area contributed by atoms with Crippen molar-refractivity contribution in [1.82, 2.24) is 0 Å². The molecule has 0 heterocycles. The Morgan fingerprint density at radius 2 is 1.26 bits per heavy atom. The van der Waals surface area contributed by atoms with Crippen LogP contribution in [0.3, 0.4) is 0 Å². The quantitative estimate of drug-likeness (QED) is 0.344. The molecule has 0 aliphatic rings. The van der Waals surface area contributed by atoms with Crippen LogP contribution in [0.1, 0.15) is 71.1 Å². The summed E-state index contributed by atoms with van der Waals surface area (Å²) in [4.78, 5) is 0. The van der Waals surface area contributed by atoms with E-state index in [4.69, 9.17) is 9.84 Å². The average molecular weight is 289 g/mol. The molecule has 0 fully saturated rings. The van der Waals surface area contributed by atoms with E-state index in [0.29, 0.717) is 16.1 Å². The molecule has 0 aromatic carbocycles. The molecule has 0 amide bonds. The summed E-state index contributed by atoms with van der Waals surface area (Å²) < 4.78 is 5.24. The molecule has 0 spiro atoms. The normalized spacial score (nSPS) is 11.7. The molecule has 0 saturated carbocycles. The van der Waals surface area contributed by atoms with Crippen molar-refractivity contribution < 1.29 is 9.84 Å². The van der Waals surface area contributed by atoms with Crippen molar-refractivity contribution in [2.24, 2.45) is 0 Å². The van der Waals surface area contributed by atoms with E-state index in [0.717, 1.165) is 13.0 Å². The number of aliphatic hydroxyl groups is 1. The van der Waals surface area contributed by atoms with Gasteiger partial charge in [-0.3, -0.25) is 0 Å². The topological polar surface area (TPSA) is 29.5 Å². The van der Waals surface area contributed by atoms with Crippen LogP contribution in [0.15, 0.2) is 0 Å². The molecule has 1 N–H and O–H groups in total. The molecule has 2 nitrogen and oxygen atoms in total.